The van der Waals surface area contributed by atoms with Gasteiger partial charge in [-0.1, -0.05) is 0 Å². The fourth-order valence-electron chi connectivity index (χ4n) is 2.20. The van der Waals surface area contributed by atoms with Gasteiger partial charge in [0.2, 0.25) is 0 Å². The van der Waals surface area contributed by atoms with E-state index in [-0.39, 0.29) is 5.69 Å². The highest BCUT2D eigenvalue weighted by Crippen LogP contribution is 2.22. The molecule has 3 aromatic rings. The number of benzene rings is 2. The van der Waals surface area contributed by atoms with Crippen molar-refractivity contribution in [2.45, 2.75) is 4.90 Å². The van der Waals surface area contributed by atoms with E-state index in [1.54, 1.807) is 23.4 Å². The van der Waals surface area contributed by atoms with E-state index in [1.807, 2.05) is 48.7 Å². The van der Waals surface area contributed by atoms with Gasteiger partial charge in [-0.05, 0) is 42.7 Å². The molecule has 3 rings (SSSR count). The molecule has 0 radical (unpaired) electrons. The topological polar surface area (TPSA) is 47.0 Å². The fourth-order valence-corrected chi connectivity index (χ4v) is 2.61. The number of hydrogen-bond acceptors (Lipinski definition) is 3. The minimum Gasteiger partial charge on any atom is -0.497 e. The zero-order chi connectivity index (χ0) is 14.1. The van der Waals surface area contributed by atoms with E-state index in [1.165, 1.54) is 4.90 Å². The summed E-state index contributed by atoms with van der Waals surface area (Å²) in [4.78, 5) is 16.2. The monoisotopic (exact) mass is 286 g/mol. The van der Waals surface area contributed by atoms with E-state index < -0.39 is 0 Å². The number of aromatic nitrogens is 2. The number of methoxy groups -OCH3 is 1. The molecule has 0 atom stereocenters. The van der Waals surface area contributed by atoms with Crippen molar-refractivity contribution in [3.05, 3.63) is 52.9 Å². The third-order valence-corrected chi connectivity index (χ3v) is 3.96. The van der Waals surface area contributed by atoms with Crippen LogP contribution in [-0.2, 0) is 0 Å². The van der Waals surface area contributed by atoms with E-state index in [9.17, 15) is 4.79 Å². The summed E-state index contributed by atoms with van der Waals surface area (Å²) >= 11 is 1.67. The lowest BCUT2D eigenvalue weighted by atomic mass is 10.2. The van der Waals surface area contributed by atoms with Crippen LogP contribution in [-0.4, -0.2) is 22.9 Å². The van der Waals surface area contributed by atoms with Gasteiger partial charge in [0.25, 0.3) is 0 Å². The Labute approximate surface area is 120 Å². The van der Waals surface area contributed by atoms with Crippen LogP contribution in [0, 0.1) is 0 Å². The predicted molar refractivity (Wildman–Crippen MR) is 82.2 cm³/mol. The van der Waals surface area contributed by atoms with E-state index in [0.717, 1.165) is 22.5 Å². The molecule has 2 aromatic carbocycles. The Morgan fingerprint density at radius 1 is 1.15 bits per heavy atom. The lowest BCUT2D eigenvalue weighted by molar-refractivity contribution is 0.415. The number of aromatic amines is 1. The third-order valence-electron chi connectivity index (χ3n) is 3.22. The van der Waals surface area contributed by atoms with Crippen LogP contribution in [0.2, 0.25) is 0 Å². The summed E-state index contributed by atoms with van der Waals surface area (Å²) in [7, 11) is 1.61. The van der Waals surface area contributed by atoms with Crippen molar-refractivity contribution in [3.8, 4) is 11.4 Å². The van der Waals surface area contributed by atoms with Crippen LogP contribution in [0.15, 0.2) is 52.2 Å². The molecule has 0 amide bonds. The minimum atomic E-state index is -0.148. The number of fused-ring (bicyclic) bond motifs is 1. The molecule has 0 bridgehead atoms. The van der Waals surface area contributed by atoms with Crippen LogP contribution < -0.4 is 10.4 Å². The van der Waals surface area contributed by atoms with Crippen molar-refractivity contribution in [3.63, 3.8) is 0 Å². The number of imidazole rings is 1. The molecule has 4 nitrogen and oxygen atoms in total. The summed E-state index contributed by atoms with van der Waals surface area (Å²) in [6.45, 7) is 0. The normalized spacial score (nSPS) is 10.9. The number of nitrogens with one attached hydrogen (secondary N) is 1. The molecular weight excluding hydrogens is 272 g/mol. The fraction of sp³-hybridized carbons (Fsp3) is 0.133. The molecule has 0 saturated carbocycles. The van der Waals surface area contributed by atoms with Crippen molar-refractivity contribution in [1.29, 1.82) is 0 Å². The zero-order valence-corrected chi connectivity index (χ0v) is 12.0. The second kappa shape index (κ2) is 5.09. The molecule has 0 aliphatic heterocycles. The molecule has 1 aromatic heterocycles. The minimum absolute atomic E-state index is 0.148. The molecular formula is C15H14N2O2S. The molecule has 102 valence electrons. The molecule has 0 unspecified atom stereocenters. The second-order valence-corrected chi connectivity index (χ2v) is 5.23. The Morgan fingerprint density at radius 3 is 2.55 bits per heavy atom. The highest BCUT2D eigenvalue weighted by molar-refractivity contribution is 7.98. The standard InChI is InChI=1S/C15H14N2O2S/c1-19-11-5-8-13-14(9-11)17(15(18)16-13)10-3-6-12(20-2)7-4-10/h3-9H,1-2H3,(H,16,18). The summed E-state index contributed by atoms with van der Waals surface area (Å²) in [5, 5.41) is 0. The van der Waals surface area contributed by atoms with Crippen molar-refractivity contribution >= 4 is 22.8 Å². The number of H-pyrrole nitrogens is 1. The first kappa shape index (κ1) is 12.9. The first-order valence-electron chi connectivity index (χ1n) is 6.16. The smallest absolute Gasteiger partial charge is 0.331 e. The summed E-state index contributed by atoms with van der Waals surface area (Å²) in [6.07, 6.45) is 2.03. The van der Waals surface area contributed by atoms with Crippen molar-refractivity contribution < 1.29 is 4.74 Å². The SMILES string of the molecule is COc1ccc2[nH]c(=O)n(-c3ccc(SC)cc3)c2c1. The number of thioether (sulfide) groups is 1. The van der Waals surface area contributed by atoms with E-state index >= 15 is 0 Å². The Kier molecular flexibility index (Phi) is 3.28. The lowest BCUT2D eigenvalue weighted by Gasteiger charge is -2.05. The maximum atomic E-state index is 12.2. The molecule has 0 aliphatic carbocycles. The molecule has 1 N–H and O–H groups in total. The largest absolute Gasteiger partial charge is 0.497 e. The quantitative estimate of drug-likeness (QED) is 0.753. The van der Waals surface area contributed by atoms with Crippen molar-refractivity contribution in [2.75, 3.05) is 13.4 Å². The molecule has 0 aliphatic rings. The first-order chi connectivity index (χ1) is 9.72. The van der Waals surface area contributed by atoms with Crippen molar-refractivity contribution in [1.82, 2.24) is 9.55 Å². The van der Waals surface area contributed by atoms with Crippen molar-refractivity contribution in [2.24, 2.45) is 0 Å². The number of rotatable bonds is 3. The summed E-state index contributed by atoms with van der Waals surface area (Å²) < 4.78 is 6.88. The second-order valence-electron chi connectivity index (χ2n) is 4.35. The van der Waals surface area contributed by atoms with Crippen LogP contribution >= 0.6 is 11.8 Å². The Morgan fingerprint density at radius 2 is 1.90 bits per heavy atom. The molecule has 0 spiro atoms. The average Bonchev–Trinajstić information content (AvgIpc) is 2.82. The van der Waals surface area contributed by atoms with Gasteiger partial charge in [-0.15, -0.1) is 11.8 Å². The number of nitrogens with zero attached hydrogens (tertiary/aromatic N) is 1. The Balaban J connectivity index is 2.23. The Bertz CT molecular complexity index is 803. The van der Waals surface area contributed by atoms with Gasteiger partial charge >= 0.3 is 5.69 Å². The van der Waals surface area contributed by atoms with Gasteiger partial charge < -0.3 is 9.72 Å². The average molecular weight is 286 g/mol. The lowest BCUT2D eigenvalue weighted by Crippen LogP contribution is -2.14. The highest BCUT2D eigenvalue weighted by atomic mass is 32.2. The van der Waals surface area contributed by atoms with Gasteiger partial charge in [0.05, 0.1) is 23.8 Å². The molecule has 5 heteroatoms. The number of ether oxygens (including phenoxy) is 1. The van der Waals surface area contributed by atoms with Gasteiger partial charge in [-0.25, -0.2) is 4.79 Å². The van der Waals surface area contributed by atoms with Crippen LogP contribution in [0.1, 0.15) is 0 Å². The van der Waals surface area contributed by atoms with Crippen LogP contribution in [0.5, 0.6) is 5.75 Å². The molecule has 0 fully saturated rings. The summed E-state index contributed by atoms with van der Waals surface area (Å²) in [5.74, 6) is 0.728. The van der Waals surface area contributed by atoms with Gasteiger partial charge in [0.1, 0.15) is 5.75 Å². The zero-order valence-electron chi connectivity index (χ0n) is 11.2. The summed E-state index contributed by atoms with van der Waals surface area (Å²) in [5.41, 5.74) is 2.30. The van der Waals surface area contributed by atoms with E-state index in [4.69, 9.17) is 4.74 Å². The number of hydrogen-bond donors (Lipinski definition) is 1. The summed E-state index contributed by atoms with van der Waals surface area (Å²) in [6, 6.07) is 13.4. The van der Waals surface area contributed by atoms with Crippen LogP contribution in [0.25, 0.3) is 16.7 Å². The van der Waals surface area contributed by atoms with Crippen LogP contribution in [0.3, 0.4) is 0 Å². The third kappa shape index (κ3) is 2.10. The predicted octanol–water partition coefficient (Wildman–Crippen LogP) is 3.05. The molecule has 20 heavy (non-hydrogen) atoms. The highest BCUT2D eigenvalue weighted by Gasteiger charge is 2.09. The maximum Gasteiger partial charge on any atom is 0.331 e. The molecule has 1 heterocycles. The van der Waals surface area contributed by atoms with Gasteiger partial charge in [-0.2, -0.15) is 0 Å². The van der Waals surface area contributed by atoms with E-state index in [2.05, 4.69) is 4.98 Å². The Hall–Kier alpha value is -2.14. The van der Waals surface area contributed by atoms with Gasteiger partial charge in [0.15, 0.2) is 0 Å². The van der Waals surface area contributed by atoms with Gasteiger partial charge in [-0.3, -0.25) is 4.57 Å². The first-order valence-corrected chi connectivity index (χ1v) is 7.38. The molecule has 0 saturated heterocycles. The maximum absolute atomic E-state index is 12.2. The van der Waals surface area contributed by atoms with E-state index in [0.29, 0.717) is 0 Å². The van der Waals surface area contributed by atoms with Crippen LogP contribution in [0.4, 0.5) is 0 Å². The van der Waals surface area contributed by atoms with Gasteiger partial charge in [0, 0.05) is 11.0 Å².